The monoisotopic (exact) mass is 645 g/mol. The Hall–Kier alpha value is -4.04. The maximum atomic E-state index is 13.7. The van der Waals surface area contributed by atoms with Crippen LogP contribution in [0.3, 0.4) is 0 Å². The first-order valence-corrected chi connectivity index (χ1v) is 16.2. The van der Waals surface area contributed by atoms with Crippen molar-refractivity contribution >= 4 is 28.0 Å². The standard InChI is InChI=1S/C31H34F3N5O5S/c1-21(2)27(28(40)39-26(19-44-30(39)41)16-22-6-4-3-5-7-22)20-45(42,43)38-14-12-37(13-15-38)29-35-17-24(18-36-29)23-8-10-25(11-9-23)31(32,33)34/h3-11,17-18,21,26-27H,12-16,19-20H2,1-2H3/t26-,27-/m1/s1. The molecular formula is C31H34F3N5O5S. The number of alkyl halides is 3. The van der Waals surface area contributed by atoms with Gasteiger partial charge in [-0.05, 0) is 35.6 Å². The second-order valence-electron chi connectivity index (χ2n) is 11.5. The Morgan fingerprint density at radius 1 is 0.956 bits per heavy atom. The van der Waals surface area contributed by atoms with E-state index in [1.54, 1.807) is 13.8 Å². The van der Waals surface area contributed by atoms with Crippen LogP contribution in [0.5, 0.6) is 0 Å². The van der Waals surface area contributed by atoms with Crippen molar-refractivity contribution in [2.75, 3.05) is 43.4 Å². The zero-order chi connectivity index (χ0) is 32.4. The first kappa shape index (κ1) is 32.4. The zero-order valence-electron chi connectivity index (χ0n) is 24.9. The number of hydrogen-bond donors (Lipinski definition) is 0. The second kappa shape index (κ2) is 13.1. The van der Waals surface area contributed by atoms with Crippen LogP contribution in [0.25, 0.3) is 11.1 Å². The van der Waals surface area contributed by atoms with Crippen molar-refractivity contribution in [2.45, 2.75) is 32.5 Å². The van der Waals surface area contributed by atoms with E-state index in [1.165, 1.54) is 28.8 Å². The molecule has 0 unspecified atom stereocenters. The average Bonchev–Trinajstić information content (AvgIpc) is 3.39. The summed E-state index contributed by atoms with van der Waals surface area (Å²) in [5.41, 5.74) is 1.27. The maximum absolute atomic E-state index is 13.7. The number of nitrogens with zero attached hydrogens (tertiary/aromatic N) is 5. The molecule has 2 aliphatic heterocycles. The Morgan fingerprint density at radius 2 is 1.58 bits per heavy atom. The van der Waals surface area contributed by atoms with Crippen LogP contribution >= 0.6 is 0 Å². The van der Waals surface area contributed by atoms with Crippen LogP contribution in [0.1, 0.15) is 25.0 Å². The maximum Gasteiger partial charge on any atom is 0.416 e. The molecule has 3 heterocycles. The van der Waals surface area contributed by atoms with E-state index >= 15 is 0 Å². The Kier molecular flexibility index (Phi) is 9.44. The van der Waals surface area contributed by atoms with E-state index in [0.29, 0.717) is 36.6 Å². The van der Waals surface area contributed by atoms with Crippen LogP contribution in [0.2, 0.25) is 0 Å². The van der Waals surface area contributed by atoms with E-state index < -0.39 is 51.5 Å². The van der Waals surface area contributed by atoms with E-state index in [4.69, 9.17) is 4.74 Å². The van der Waals surface area contributed by atoms with Crippen molar-refractivity contribution in [3.63, 3.8) is 0 Å². The number of sulfonamides is 1. The van der Waals surface area contributed by atoms with Gasteiger partial charge in [0.1, 0.15) is 6.61 Å². The number of carbonyl (C=O) groups is 2. The zero-order valence-corrected chi connectivity index (χ0v) is 25.7. The number of aromatic nitrogens is 2. The van der Waals surface area contributed by atoms with Crippen LogP contribution in [0, 0.1) is 11.8 Å². The highest BCUT2D eigenvalue weighted by Crippen LogP contribution is 2.31. The summed E-state index contributed by atoms with van der Waals surface area (Å²) in [4.78, 5) is 37.9. The summed E-state index contributed by atoms with van der Waals surface area (Å²) in [7, 11) is -3.87. The third-order valence-electron chi connectivity index (χ3n) is 8.12. The van der Waals surface area contributed by atoms with Crippen LogP contribution in [0.4, 0.5) is 23.9 Å². The van der Waals surface area contributed by atoms with E-state index in [0.717, 1.165) is 22.6 Å². The molecule has 1 aromatic heterocycles. The van der Waals surface area contributed by atoms with Crippen molar-refractivity contribution in [1.82, 2.24) is 19.2 Å². The minimum Gasteiger partial charge on any atom is -0.447 e. The molecule has 2 fully saturated rings. The Bertz CT molecular complexity index is 1600. The molecule has 2 atom stereocenters. The SMILES string of the molecule is CC(C)[C@@H](CS(=O)(=O)N1CCN(c2ncc(-c3ccc(C(F)(F)F)cc3)cn2)CC1)C(=O)N1C(=O)OC[C@H]1Cc1ccccc1. The molecule has 2 amide bonds. The van der Waals surface area contributed by atoms with Gasteiger partial charge in [-0.2, -0.15) is 17.5 Å². The Balaban J connectivity index is 1.20. The van der Waals surface area contributed by atoms with Gasteiger partial charge in [-0.1, -0.05) is 56.3 Å². The molecule has 0 radical (unpaired) electrons. The first-order chi connectivity index (χ1) is 21.3. The molecule has 0 aliphatic carbocycles. The average molecular weight is 646 g/mol. The van der Waals surface area contributed by atoms with Gasteiger partial charge in [-0.15, -0.1) is 0 Å². The minimum atomic E-state index is -4.42. The summed E-state index contributed by atoms with van der Waals surface area (Å²) >= 11 is 0. The van der Waals surface area contributed by atoms with Gasteiger partial charge in [0.15, 0.2) is 0 Å². The predicted octanol–water partition coefficient (Wildman–Crippen LogP) is 4.48. The predicted molar refractivity (Wildman–Crippen MR) is 160 cm³/mol. The summed E-state index contributed by atoms with van der Waals surface area (Å²) in [5, 5.41) is 0. The number of hydrogen-bond acceptors (Lipinski definition) is 8. The van der Waals surface area contributed by atoms with Crippen LogP contribution in [-0.2, 0) is 32.2 Å². The van der Waals surface area contributed by atoms with Gasteiger partial charge in [-0.3, -0.25) is 4.79 Å². The molecule has 0 saturated carbocycles. The van der Waals surface area contributed by atoms with Crippen molar-refractivity contribution in [2.24, 2.45) is 11.8 Å². The van der Waals surface area contributed by atoms with Crippen molar-refractivity contribution in [3.8, 4) is 11.1 Å². The number of halogens is 3. The molecule has 10 nitrogen and oxygen atoms in total. The van der Waals surface area contributed by atoms with E-state index in [-0.39, 0.29) is 25.6 Å². The number of carbonyl (C=O) groups excluding carboxylic acids is 2. The normalized spacial score (nSPS) is 18.7. The highest BCUT2D eigenvalue weighted by atomic mass is 32.2. The number of anilines is 1. The van der Waals surface area contributed by atoms with Gasteiger partial charge in [0.25, 0.3) is 0 Å². The fraction of sp³-hybridized carbons (Fsp3) is 0.419. The lowest BCUT2D eigenvalue weighted by Crippen LogP contribution is -2.52. The fourth-order valence-electron chi connectivity index (χ4n) is 5.48. The Morgan fingerprint density at radius 3 is 2.16 bits per heavy atom. The summed E-state index contributed by atoms with van der Waals surface area (Å²) in [5.74, 6) is -1.93. The number of amides is 2. The summed E-state index contributed by atoms with van der Waals surface area (Å²) in [6, 6.07) is 13.6. The van der Waals surface area contributed by atoms with Crippen molar-refractivity contribution in [3.05, 3.63) is 78.1 Å². The topological polar surface area (TPSA) is 113 Å². The van der Waals surface area contributed by atoms with E-state index in [9.17, 15) is 31.2 Å². The number of imide groups is 1. The van der Waals surface area contributed by atoms with Crippen molar-refractivity contribution in [1.29, 1.82) is 0 Å². The molecule has 2 aromatic carbocycles. The highest BCUT2D eigenvalue weighted by molar-refractivity contribution is 7.89. The van der Waals surface area contributed by atoms with Crippen LogP contribution in [-0.4, -0.2) is 84.2 Å². The number of ether oxygens (including phenoxy) is 1. The van der Waals surface area contributed by atoms with E-state index in [2.05, 4.69) is 9.97 Å². The molecule has 240 valence electrons. The van der Waals surface area contributed by atoms with Gasteiger partial charge in [0, 0.05) is 44.1 Å². The third kappa shape index (κ3) is 7.44. The van der Waals surface area contributed by atoms with Gasteiger partial charge < -0.3 is 9.64 Å². The lowest BCUT2D eigenvalue weighted by Gasteiger charge is -2.35. The Labute approximate surface area is 259 Å². The number of benzene rings is 2. The molecular weight excluding hydrogens is 611 g/mol. The second-order valence-corrected chi connectivity index (χ2v) is 13.5. The van der Waals surface area contributed by atoms with E-state index in [1.807, 2.05) is 35.2 Å². The molecule has 14 heteroatoms. The fourth-order valence-corrected chi connectivity index (χ4v) is 7.39. The first-order valence-electron chi connectivity index (χ1n) is 14.6. The van der Waals surface area contributed by atoms with Gasteiger partial charge in [-0.25, -0.2) is 28.1 Å². The number of cyclic esters (lactones) is 1. The van der Waals surface area contributed by atoms with Crippen molar-refractivity contribution < 1.29 is 35.9 Å². The molecule has 45 heavy (non-hydrogen) atoms. The smallest absolute Gasteiger partial charge is 0.416 e. The van der Waals surface area contributed by atoms with Gasteiger partial charge >= 0.3 is 12.3 Å². The lowest BCUT2D eigenvalue weighted by atomic mass is 9.95. The summed E-state index contributed by atoms with van der Waals surface area (Å²) in [6.45, 7) is 4.46. The number of rotatable bonds is 9. The molecule has 5 rings (SSSR count). The summed E-state index contributed by atoms with van der Waals surface area (Å²) in [6.07, 6.45) is -1.75. The molecule has 0 spiro atoms. The third-order valence-corrected chi connectivity index (χ3v) is 10.1. The minimum absolute atomic E-state index is 0.0480. The summed E-state index contributed by atoms with van der Waals surface area (Å²) < 4.78 is 72.2. The highest BCUT2D eigenvalue weighted by Gasteiger charge is 2.44. The molecule has 0 bridgehead atoms. The number of piperazine rings is 1. The molecule has 2 aliphatic rings. The molecule has 0 N–H and O–H groups in total. The largest absolute Gasteiger partial charge is 0.447 e. The van der Waals surface area contributed by atoms with Crippen LogP contribution in [0.15, 0.2) is 67.0 Å². The van der Waals surface area contributed by atoms with Gasteiger partial charge in [0.05, 0.1) is 23.3 Å². The quantitative estimate of drug-likeness (QED) is 0.335. The van der Waals surface area contributed by atoms with Crippen LogP contribution < -0.4 is 4.90 Å². The molecule has 3 aromatic rings. The molecule has 2 saturated heterocycles. The lowest BCUT2D eigenvalue weighted by molar-refractivity contribution is -0.137. The van der Waals surface area contributed by atoms with Gasteiger partial charge in [0.2, 0.25) is 21.9 Å².